The lowest BCUT2D eigenvalue weighted by molar-refractivity contribution is 0.0153. The molecule has 1 fully saturated rings. The molecule has 1 atom stereocenters. The van der Waals surface area contributed by atoms with E-state index in [0.717, 1.165) is 43.7 Å². The largest absolute Gasteiger partial charge is 0.378 e. The number of benzene rings is 1. The van der Waals surface area contributed by atoms with E-state index >= 15 is 0 Å². The SMILES string of the molecule is NCCc1cccc(-c2nc(CC3CCCCO3)no2)c1. The number of ether oxygens (including phenoxy) is 1. The van der Waals surface area contributed by atoms with Crippen molar-refractivity contribution in [2.75, 3.05) is 13.2 Å². The molecule has 2 heterocycles. The van der Waals surface area contributed by atoms with E-state index in [9.17, 15) is 0 Å². The first-order valence-electron chi connectivity index (χ1n) is 7.59. The molecule has 0 bridgehead atoms. The van der Waals surface area contributed by atoms with Gasteiger partial charge in [-0.2, -0.15) is 4.98 Å². The van der Waals surface area contributed by atoms with Crippen LogP contribution in [0.1, 0.15) is 30.7 Å². The van der Waals surface area contributed by atoms with Crippen molar-refractivity contribution in [1.82, 2.24) is 10.1 Å². The van der Waals surface area contributed by atoms with Crippen LogP contribution in [0, 0.1) is 0 Å². The van der Waals surface area contributed by atoms with Gasteiger partial charge in [0, 0.05) is 18.6 Å². The summed E-state index contributed by atoms with van der Waals surface area (Å²) < 4.78 is 11.1. The van der Waals surface area contributed by atoms with E-state index in [1.54, 1.807) is 0 Å². The van der Waals surface area contributed by atoms with Gasteiger partial charge in [-0.15, -0.1) is 0 Å². The summed E-state index contributed by atoms with van der Waals surface area (Å²) in [6.07, 6.45) is 5.26. The second-order valence-corrected chi connectivity index (χ2v) is 5.45. The number of hydrogen-bond acceptors (Lipinski definition) is 5. The smallest absolute Gasteiger partial charge is 0.257 e. The molecule has 1 saturated heterocycles. The van der Waals surface area contributed by atoms with Crippen molar-refractivity contribution < 1.29 is 9.26 Å². The van der Waals surface area contributed by atoms with Gasteiger partial charge >= 0.3 is 0 Å². The molecule has 1 unspecified atom stereocenters. The molecule has 3 rings (SSSR count). The standard InChI is InChI=1S/C16H21N3O2/c17-8-7-12-4-3-5-13(10-12)16-18-15(19-21-16)11-14-6-1-2-9-20-14/h3-5,10,14H,1-2,6-9,11,17H2. The highest BCUT2D eigenvalue weighted by molar-refractivity contribution is 5.54. The van der Waals surface area contributed by atoms with E-state index < -0.39 is 0 Å². The van der Waals surface area contributed by atoms with Crippen LogP contribution in [0.25, 0.3) is 11.5 Å². The van der Waals surface area contributed by atoms with Crippen LogP contribution in [0.4, 0.5) is 0 Å². The summed E-state index contributed by atoms with van der Waals surface area (Å²) >= 11 is 0. The molecular weight excluding hydrogens is 266 g/mol. The topological polar surface area (TPSA) is 74.2 Å². The van der Waals surface area contributed by atoms with Gasteiger partial charge in [-0.05, 0) is 49.9 Å². The normalized spacial score (nSPS) is 18.8. The molecule has 0 amide bonds. The highest BCUT2D eigenvalue weighted by Crippen LogP contribution is 2.21. The minimum Gasteiger partial charge on any atom is -0.378 e. The molecule has 0 aliphatic carbocycles. The van der Waals surface area contributed by atoms with Gasteiger partial charge in [0.05, 0.1) is 6.10 Å². The molecule has 2 aromatic rings. The Morgan fingerprint density at radius 3 is 3.05 bits per heavy atom. The van der Waals surface area contributed by atoms with E-state index in [1.807, 2.05) is 12.1 Å². The Bertz CT molecular complexity index is 576. The Kier molecular flexibility index (Phi) is 4.62. The van der Waals surface area contributed by atoms with Gasteiger partial charge in [0.1, 0.15) is 0 Å². The fourth-order valence-corrected chi connectivity index (χ4v) is 2.65. The third-order valence-electron chi connectivity index (χ3n) is 3.76. The van der Waals surface area contributed by atoms with Crippen molar-refractivity contribution in [2.45, 2.75) is 38.2 Å². The van der Waals surface area contributed by atoms with Crippen molar-refractivity contribution in [3.05, 3.63) is 35.7 Å². The van der Waals surface area contributed by atoms with Crippen LogP contribution in [-0.2, 0) is 17.6 Å². The predicted molar refractivity (Wildman–Crippen MR) is 79.8 cm³/mol. The monoisotopic (exact) mass is 287 g/mol. The van der Waals surface area contributed by atoms with Crippen LogP contribution in [-0.4, -0.2) is 29.4 Å². The van der Waals surface area contributed by atoms with Gasteiger partial charge < -0.3 is 15.0 Å². The average Bonchev–Trinajstić information content (AvgIpc) is 2.97. The van der Waals surface area contributed by atoms with Gasteiger partial charge in [0.2, 0.25) is 0 Å². The summed E-state index contributed by atoms with van der Waals surface area (Å²) in [7, 11) is 0. The Labute approximate surface area is 124 Å². The van der Waals surface area contributed by atoms with Crippen LogP contribution in [0.15, 0.2) is 28.8 Å². The molecule has 1 aromatic carbocycles. The molecule has 112 valence electrons. The summed E-state index contributed by atoms with van der Waals surface area (Å²) in [5.41, 5.74) is 7.73. The van der Waals surface area contributed by atoms with Crippen LogP contribution in [0.3, 0.4) is 0 Å². The predicted octanol–water partition coefficient (Wildman–Crippen LogP) is 2.35. The Morgan fingerprint density at radius 2 is 2.24 bits per heavy atom. The quantitative estimate of drug-likeness (QED) is 0.913. The molecule has 0 radical (unpaired) electrons. The van der Waals surface area contributed by atoms with E-state index in [1.165, 1.54) is 12.0 Å². The average molecular weight is 287 g/mol. The lowest BCUT2D eigenvalue weighted by atomic mass is 10.1. The maximum atomic E-state index is 5.71. The molecule has 5 heteroatoms. The van der Waals surface area contributed by atoms with Crippen LogP contribution in [0.2, 0.25) is 0 Å². The maximum Gasteiger partial charge on any atom is 0.257 e. The first kappa shape index (κ1) is 14.2. The number of hydrogen-bond donors (Lipinski definition) is 1. The van der Waals surface area contributed by atoms with Gasteiger partial charge in [0.15, 0.2) is 5.82 Å². The van der Waals surface area contributed by atoms with Crippen LogP contribution < -0.4 is 5.73 Å². The van der Waals surface area contributed by atoms with Crippen molar-refractivity contribution in [3.63, 3.8) is 0 Å². The fourth-order valence-electron chi connectivity index (χ4n) is 2.65. The highest BCUT2D eigenvalue weighted by atomic mass is 16.5. The van der Waals surface area contributed by atoms with E-state index in [4.69, 9.17) is 15.0 Å². The zero-order chi connectivity index (χ0) is 14.5. The van der Waals surface area contributed by atoms with Crippen LogP contribution >= 0.6 is 0 Å². The van der Waals surface area contributed by atoms with Crippen molar-refractivity contribution in [3.8, 4) is 11.5 Å². The molecule has 21 heavy (non-hydrogen) atoms. The zero-order valence-corrected chi connectivity index (χ0v) is 12.1. The Hall–Kier alpha value is -1.72. The van der Waals surface area contributed by atoms with Crippen molar-refractivity contribution >= 4 is 0 Å². The highest BCUT2D eigenvalue weighted by Gasteiger charge is 2.18. The van der Waals surface area contributed by atoms with Gasteiger partial charge in [-0.3, -0.25) is 0 Å². The molecule has 5 nitrogen and oxygen atoms in total. The summed E-state index contributed by atoms with van der Waals surface area (Å²) in [5, 5.41) is 4.07. The van der Waals surface area contributed by atoms with Gasteiger partial charge in [-0.25, -0.2) is 0 Å². The molecule has 2 N–H and O–H groups in total. The van der Waals surface area contributed by atoms with E-state index in [-0.39, 0.29) is 6.10 Å². The van der Waals surface area contributed by atoms with Crippen LogP contribution in [0.5, 0.6) is 0 Å². The third kappa shape index (κ3) is 3.68. The number of aromatic nitrogens is 2. The van der Waals surface area contributed by atoms with Crippen molar-refractivity contribution in [2.24, 2.45) is 5.73 Å². The number of rotatable bonds is 5. The Balaban J connectivity index is 1.70. The van der Waals surface area contributed by atoms with Gasteiger partial charge in [0.25, 0.3) is 5.89 Å². The first-order chi connectivity index (χ1) is 10.3. The van der Waals surface area contributed by atoms with E-state index in [0.29, 0.717) is 12.4 Å². The van der Waals surface area contributed by atoms with Crippen molar-refractivity contribution in [1.29, 1.82) is 0 Å². The molecule has 0 spiro atoms. The lowest BCUT2D eigenvalue weighted by Crippen LogP contribution is -2.21. The van der Waals surface area contributed by atoms with Gasteiger partial charge in [-0.1, -0.05) is 17.3 Å². The summed E-state index contributed by atoms with van der Waals surface area (Å²) in [6.45, 7) is 1.48. The third-order valence-corrected chi connectivity index (χ3v) is 3.76. The number of nitrogens with two attached hydrogens (primary N) is 1. The summed E-state index contributed by atoms with van der Waals surface area (Å²) in [4.78, 5) is 4.49. The van der Waals surface area contributed by atoms with E-state index in [2.05, 4.69) is 22.3 Å². The molecule has 0 saturated carbocycles. The second-order valence-electron chi connectivity index (χ2n) is 5.45. The maximum absolute atomic E-state index is 5.71. The molecule has 1 aliphatic heterocycles. The number of nitrogens with zero attached hydrogens (tertiary/aromatic N) is 2. The first-order valence-corrected chi connectivity index (χ1v) is 7.59. The fraction of sp³-hybridized carbons (Fsp3) is 0.500. The molecular formula is C16H21N3O2. The summed E-state index contributed by atoms with van der Waals surface area (Å²) in [6, 6.07) is 8.09. The minimum atomic E-state index is 0.229. The zero-order valence-electron chi connectivity index (χ0n) is 12.1. The molecule has 1 aliphatic rings. The second kappa shape index (κ2) is 6.83. The minimum absolute atomic E-state index is 0.229. The lowest BCUT2D eigenvalue weighted by Gasteiger charge is -2.20. The Morgan fingerprint density at radius 1 is 1.29 bits per heavy atom. The molecule has 1 aromatic heterocycles. The summed E-state index contributed by atoms with van der Waals surface area (Å²) in [5.74, 6) is 1.29.